The molecule has 8 heteroatoms. The van der Waals surface area contributed by atoms with E-state index in [4.69, 9.17) is 4.74 Å². The van der Waals surface area contributed by atoms with Gasteiger partial charge >= 0.3 is 0 Å². The van der Waals surface area contributed by atoms with Crippen LogP contribution in [0.3, 0.4) is 0 Å². The standard InChI is InChI=1S/C16H16BrFN2O3S/c17-15-5-2-7-19-16(15)23-14-6-8-20(10-14)24(21,22)11-12-3-1-4-13(18)9-12/h1-5,7,9,14H,6,8,10-11H2. The third kappa shape index (κ3) is 4.12. The van der Waals surface area contributed by atoms with Gasteiger partial charge in [0.25, 0.3) is 0 Å². The molecule has 24 heavy (non-hydrogen) atoms. The highest BCUT2D eigenvalue weighted by molar-refractivity contribution is 9.10. The molecule has 0 N–H and O–H groups in total. The molecule has 5 nitrogen and oxygen atoms in total. The first-order chi connectivity index (χ1) is 11.4. The van der Waals surface area contributed by atoms with Crippen LogP contribution in [0.4, 0.5) is 4.39 Å². The molecule has 2 aromatic rings. The van der Waals surface area contributed by atoms with Crippen molar-refractivity contribution < 1.29 is 17.5 Å². The van der Waals surface area contributed by atoms with Gasteiger partial charge in [-0.05, 0) is 52.2 Å². The number of pyridine rings is 1. The van der Waals surface area contributed by atoms with Gasteiger partial charge in [-0.3, -0.25) is 0 Å². The van der Waals surface area contributed by atoms with E-state index in [0.717, 1.165) is 4.47 Å². The molecular formula is C16H16BrFN2O3S. The van der Waals surface area contributed by atoms with Crippen LogP contribution in [0.1, 0.15) is 12.0 Å². The zero-order valence-corrected chi connectivity index (χ0v) is 15.1. The minimum atomic E-state index is -3.51. The fourth-order valence-corrected chi connectivity index (χ4v) is 4.50. The maximum atomic E-state index is 13.2. The third-order valence-corrected chi connectivity index (χ3v) is 6.16. The second-order valence-corrected chi connectivity index (χ2v) is 8.39. The van der Waals surface area contributed by atoms with E-state index < -0.39 is 15.8 Å². The van der Waals surface area contributed by atoms with E-state index in [0.29, 0.717) is 24.4 Å². The number of hydrogen-bond acceptors (Lipinski definition) is 4. The number of hydrogen-bond donors (Lipinski definition) is 0. The smallest absolute Gasteiger partial charge is 0.228 e. The van der Waals surface area contributed by atoms with Crippen LogP contribution in [-0.4, -0.2) is 36.9 Å². The molecule has 1 unspecified atom stereocenters. The molecule has 0 saturated carbocycles. The lowest BCUT2D eigenvalue weighted by atomic mass is 10.2. The molecule has 3 rings (SSSR count). The van der Waals surface area contributed by atoms with E-state index in [9.17, 15) is 12.8 Å². The van der Waals surface area contributed by atoms with Gasteiger partial charge in [-0.25, -0.2) is 17.8 Å². The SMILES string of the molecule is O=S(=O)(Cc1cccc(F)c1)N1CCC(Oc2ncccc2Br)C1. The molecule has 1 saturated heterocycles. The second kappa shape index (κ2) is 7.16. The number of benzene rings is 1. The highest BCUT2D eigenvalue weighted by Gasteiger charge is 2.33. The third-order valence-electron chi connectivity index (χ3n) is 3.74. The van der Waals surface area contributed by atoms with E-state index in [-0.39, 0.29) is 18.4 Å². The van der Waals surface area contributed by atoms with Crippen LogP contribution >= 0.6 is 15.9 Å². The highest BCUT2D eigenvalue weighted by Crippen LogP contribution is 2.26. The van der Waals surface area contributed by atoms with Gasteiger partial charge in [-0.15, -0.1) is 0 Å². The summed E-state index contributed by atoms with van der Waals surface area (Å²) in [5.41, 5.74) is 0.437. The second-order valence-electron chi connectivity index (χ2n) is 5.56. The molecule has 1 aliphatic heterocycles. The summed E-state index contributed by atoms with van der Waals surface area (Å²) in [7, 11) is -3.51. The van der Waals surface area contributed by atoms with Crippen LogP contribution in [0, 0.1) is 5.82 Å². The lowest BCUT2D eigenvalue weighted by Crippen LogP contribution is -2.32. The molecule has 0 amide bonds. The average Bonchev–Trinajstić information content (AvgIpc) is 2.99. The summed E-state index contributed by atoms with van der Waals surface area (Å²) in [6, 6.07) is 9.24. The Kier molecular flexibility index (Phi) is 5.17. The molecule has 1 aromatic carbocycles. The van der Waals surface area contributed by atoms with Crippen molar-refractivity contribution in [3.63, 3.8) is 0 Å². The van der Waals surface area contributed by atoms with Crippen molar-refractivity contribution in [3.8, 4) is 5.88 Å². The van der Waals surface area contributed by atoms with Crippen molar-refractivity contribution in [1.29, 1.82) is 0 Å². The summed E-state index contributed by atoms with van der Waals surface area (Å²) in [4.78, 5) is 4.13. The first-order valence-electron chi connectivity index (χ1n) is 7.43. The van der Waals surface area contributed by atoms with E-state index in [1.807, 2.05) is 6.07 Å². The van der Waals surface area contributed by atoms with Crippen LogP contribution in [0.15, 0.2) is 47.1 Å². The van der Waals surface area contributed by atoms with E-state index in [1.54, 1.807) is 18.3 Å². The highest BCUT2D eigenvalue weighted by atomic mass is 79.9. The molecular weight excluding hydrogens is 399 g/mol. The summed E-state index contributed by atoms with van der Waals surface area (Å²) in [5, 5.41) is 0. The van der Waals surface area contributed by atoms with Gasteiger partial charge in [-0.1, -0.05) is 12.1 Å². The van der Waals surface area contributed by atoms with Crippen LogP contribution in [0.25, 0.3) is 0 Å². The Morgan fingerprint density at radius 2 is 2.17 bits per heavy atom. The molecule has 128 valence electrons. The Bertz CT molecular complexity index is 832. The summed E-state index contributed by atoms with van der Waals surface area (Å²) in [6.07, 6.45) is 1.96. The van der Waals surface area contributed by atoms with E-state index in [2.05, 4.69) is 20.9 Å². The van der Waals surface area contributed by atoms with Crippen LogP contribution < -0.4 is 4.74 Å². The molecule has 0 bridgehead atoms. The maximum Gasteiger partial charge on any atom is 0.228 e. The van der Waals surface area contributed by atoms with Gasteiger partial charge < -0.3 is 4.74 Å². The van der Waals surface area contributed by atoms with E-state index >= 15 is 0 Å². The zero-order chi connectivity index (χ0) is 17.2. The fourth-order valence-electron chi connectivity index (χ4n) is 2.59. The Hall–Kier alpha value is -1.51. The predicted molar refractivity (Wildman–Crippen MR) is 91.6 cm³/mol. The Morgan fingerprint density at radius 3 is 2.92 bits per heavy atom. The van der Waals surface area contributed by atoms with Crippen LogP contribution in [0.2, 0.25) is 0 Å². The molecule has 1 fully saturated rings. The minimum Gasteiger partial charge on any atom is -0.472 e. The Morgan fingerprint density at radius 1 is 1.33 bits per heavy atom. The maximum absolute atomic E-state index is 13.2. The van der Waals surface area contributed by atoms with Gasteiger partial charge in [0.05, 0.1) is 16.8 Å². The normalized spacial score (nSPS) is 18.7. The topological polar surface area (TPSA) is 59.5 Å². The molecule has 1 atom stereocenters. The first-order valence-corrected chi connectivity index (χ1v) is 9.84. The van der Waals surface area contributed by atoms with Gasteiger partial charge in [0.15, 0.2) is 0 Å². The first kappa shape index (κ1) is 17.3. The van der Waals surface area contributed by atoms with Gasteiger partial charge in [0, 0.05) is 12.7 Å². The number of aromatic nitrogens is 1. The predicted octanol–water partition coefficient (Wildman–Crippen LogP) is 2.97. The number of nitrogens with zero attached hydrogens (tertiary/aromatic N) is 2. The monoisotopic (exact) mass is 414 g/mol. The van der Waals surface area contributed by atoms with Gasteiger partial charge in [0.1, 0.15) is 11.9 Å². The summed E-state index contributed by atoms with van der Waals surface area (Å²) >= 11 is 3.35. The van der Waals surface area contributed by atoms with Crippen molar-refractivity contribution in [1.82, 2.24) is 9.29 Å². The zero-order valence-electron chi connectivity index (χ0n) is 12.7. The Balaban J connectivity index is 1.65. The molecule has 1 aromatic heterocycles. The number of halogens is 2. The molecule has 0 radical (unpaired) electrons. The Labute approximate surface area is 148 Å². The largest absolute Gasteiger partial charge is 0.472 e. The quantitative estimate of drug-likeness (QED) is 0.754. The average molecular weight is 415 g/mol. The van der Waals surface area contributed by atoms with Crippen molar-refractivity contribution >= 4 is 26.0 Å². The summed E-state index contributed by atoms with van der Waals surface area (Å²) in [6.45, 7) is 0.646. The number of rotatable bonds is 5. The van der Waals surface area contributed by atoms with Crippen molar-refractivity contribution in [3.05, 3.63) is 58.4 Å². The number of ether oxygens (including phenoxy) is 1. The molecule has 1 aliphatic rings. The molecule has 2 heterocycles. The minimum absolute atomic E-state index is 0.217. The van der Waals surface area contributed by atoms with Gasteiger partial charge in [0.2, 0.25) is 15.9 Å². The van der Waals surface area contributed by atoms with Gasteiger partial charge in [-0.2, -0.15) is 4.31 Å². The lowest BCUT2D eigenvalue weighted by molar-refractivity contribution is 0.205. The summed E-state index contributed by atoms with van der Waals surface area (Å²) in [5.74, 6) is -0.206. The summed E-state index contributed by atoms with van der Waals surface area (Å²) < 4.78 is 46.1. The number of sulfonamides is 1. The van der Waals surface area contributed by atoms with E-state index in [1.165, 1.54) is 22.5 Å². The molecule has 0 aliphatic carbocycles. The lowest BCUT2D eigenvalue weighted by Gasteiger charge is -2.17. The molecule has 0 spiro atoms. The van der Waals surface area contributed by atoms with Crippen molar-refractivity contribution in [2.24, 2.45) is 0 Å². The van der Waals surface area contributed by atoms with Crippen molar-refractivity contribution in [2.45, 2.75) is 18.3 Å². The van der Waals surface area contributed by atoms with Crippen LogP contribution in [-0.2, 0) is 15.8 Å². The van der Waals surface area contributed by atoms with Crippen LogP contribution in [0.5, 0.6) is 5.88 Å². The fraction of sp³-hybridized carbons (Fsp3) is 0.312. The van der Waals surface area contributed by atoms with Crippen molar-refractivity contribution in [2.75, 3.05) is 13.1 Å².